The summed E-state index contributed by atoms with van der Waals surface area (Å²) >= 11 is 1.76. The maximum absolute atomic E-state index is 5.07. The van der Waals surface area contributed by atoms with Gasteiger partial charge in [-0.05, 0) is 13.3 Å². The highest BCUT2D eigenvalue weighted by Gasteiger charge is 2.19. The Bertz CT molecular complexity index is 407. The van der Waals surface area contributed by atoms with Crippen molar-refractivity contribution in [2.75, 3.05) is 19.5 Å². The Morgan fingerprint density at radius 3 is 3.11 bits per heavy atom. The summed E-state index contributed by atoms with van der Waals surface area (Å²) in [5.41, 5.74) is 1.83. The van der Waals surface area contributed by atoms with E-state index < -0.39 is 0 Å². The number of methoxy groups -OCH3 is 1. The zero-order chi connectivity index (χ0) is 12.8. The van der Waals surface area contributed by atoms with Gasteiger partial charge in [-0.1, -0.05) is 11.8 Å². The van der Waals surface area contributed by atoms with Gasteiger partial charge in [-0.25, -0.2) is 0 Å². The number of aryl methyl sites for hydroxylation is 1. The fraction of sp³-hybridized carbons (Fsp3) is 0.583. The van der Waals surface area contributed by atoms with Gasteiger partial charge in [0.2, 0.25) is 0 Å². The lowest BCUT2D eigenvalue weighted by atomic mass is 10.2. The molecule has 0 aromatic carbocycles. The van der Waals surface area contributed by atoms with Gasteiger partial charge in [-0.2, -0.15) is 0 Å². The van der Waals surface area contributed by atoms with E-state index in [1.165, 1.54) is 0 Å². The molecular weight excluding hydrogens is 248 g/mol. The molecule has 0 aliphatic carbocycles. The number of rotatable bonds is 5. The van der Waals surface area contributed by atoms with E-state index in [9.17, 15) is 0 Å². The summed E-state index contributed by atoms with van der Waals surface area (Å²) in [4.78, 5) is 13.0. The molecule has 98 valence electrons. The molecule has 1 aliphatic heterocycles. The molecule has 1 fully saturated rings. The van der Waals surface area contributed by atoms with Crippen LogP contribution >= 0.6 is 11.8 Å². The van der Waals surface area contributed by atoms with Gasteiger partial charge in [0.05, 0.1) is 24.1 Å². The van der Waals surface area contributed by atoms with E-state index in [-0.39, 0.29) is 0 Å². The average Bonchev–Trinajstić information content (AvgIpc) is 2.84. The van der Waals surface area contributed by atoms with E-state index in [4.69, 9.17) is 4.74 Å². The first-order valence-electron chi connectivity index (χ1n) is 5.98. The molecule has 1 saturated heterocycles. The molecule has 1 aromatic heterocycles. The van der Waals surface area contributed by atoms with Crippen molar-refractivity contribution in [1.29, 1.82) is 0 Å². The summed E-state index contributed by atoms with van der Waals surface area (Å²) in [6, 6.07) is 0.470. The monoisotopic (exact) mass is 266 g/mol. The van der Waals surface area contributed by atoms with Crippen molar-refractivity contribution in [3.63, 3.8) is 0 Å². The molecule has 0 bridgehead atoms. The third-order valence-electron chi connectivity index (χ3n) is 2.64. The van der Waals surface area contributed by atoms with Gasteiger partial charge in [-0.15, -0.1) is 0 Å². The summed E-state index contributed by atoms with van der Waals surface area (Å²) in [6.07, 6.45) is 4.57. The second-order valence-corrected chi connectivity index (χ2v) is 5.21. The normalized spacial score (nSPS) is 21.2. The molecule has 1 aromatic rings. The number of hydrogen-bond acceptors (Lipinski definition) is 5. The highest BCUT2D eigenvalue weighted by molar-refractivity contribution is 8.14. The summed E-state index contributed by atoms with van der Waals surface area (Å²) < 4.78 is 5.07. The maximum Gasteiger partial charge on any atom is 0.157 e. The summed E-state index contributed by atoms with van der Waals surface area (Å²) in [5, 5.41) is 4.39. The lowest BCUT2D eigenvalue weighted by molar-refractivity contribution is 0.188. The first-order valence-corrected chi connectivity index (χ1v) is 6.96. The molecule has 5 nitrogen and oxygen atoms in total. The van der Waals surface area contributed by atoms with Gasteiger partial charge in [0.1, 0.15) is 0 Å². The molecule has 1 aliphatic rings. The van der Waals surface area contributed by atoms with Crippen molar-refractivity contribution in [3.8, 4) is 0 Å². The van der Waals surface area contributed by atoms with Crippen molar-refractivity contribution in [3.05, 3.63) is 23.8 Å². The molecule has 18 heavy (non-hydrogen) atoms. The molecular formula is C12H18N4OS. The smallest absolute Gasteiger partial charge is 0.157 e. The Morgan fingerprint density at radius 1 is 1.50 bits per heavy atom. The van der Waals surface area contributed by atoms with Crippen LogP contribution in [0.1, 0.15) is 17.8 Å². The Hall–Kier alpha value is -1.14. The summed E-state index contributed by atoms with van der Waals surface area (Å²) in [6.45, 7) is 3.30. The third-order valence-corrected chi connectivity index (χ3v) is 3.73. The number of nitrogens with zero attached hydrogens (tertiary/aromatic N) is 3. The standard InChI is InChI=1S/C12H18N4OS/c1-9-5-14-11(6-13-9)7-15-12-16-10(8-18-12)3-4-17-2/h5-6,10H,3-4,7-8H2,1-2H3,(H,15,16). The van der Waals surface area contributed by atoms with Gasteiger partial charge in [0, 0.05) is 31.7 Å². The lowest BCUT2D eigenvalue weighted by Gasteiger charge is -2.08. The number of hydrogen-bond donors (Lipinski definition) is 1. The number of ether oxygens (including phenoxy) is 1. The minimum Gasteiger partial charge on any atom is -0.385 e. The SMILES string of the molecule is COCCC1CSC(=NCc2cnc(C)cn2)N1. The first-order chi connectivity index (χ1) is 8.78. The van der Waals surface area contributed by atoms with Crippen LogP contribution in [0.25, 0.3) is 0 Å². The lowest BCUT2D eigenvalue weighted by Crippen LogP contribution is -2.28. The van der Waals surface area contributed by atoms with Crippen molar-refractivity contribution in [1.82, 2.24) is 15.3 Å². The van der Waals surface area contributed by atoms with E-state index >= 15 is 0 Å². The molecule has 0 spiro atoms. The van der Waals surface area contributed by atoms with Gasteiger partial charge in [0.25, 0.3) is 0 Å². The minimum atomic E-state index is 0.470. The molecule has 0 radical (unpaired) electrons. The molecule has 1 N–H and O–H groups in total. The molecule has 6 heteroatoms. The second kappa shape index (κ2) is 6.70. The Labute approximate surface area is 111 Å². The number of thioether (sulfide) groups is 1. The third kappa shape index (κ3) is 3.96. The largest absolute Gasteiger partial charge is 0.385 e. The quantitative estimate of drug-likeness (QED) is 0.872. The van der Waals surface area contributed by atoms with Crippen LogP contribution < -0.4 is 5.32 Å². The fourth-order valence-corrected chi connectivity index (χ4v) is 2.61. The van der Waals surface area contributed by atoms with Gasteiger partial charge in [0.15, 0.2) is 5.17 Å². The zero-order valence-electron chi connectivity index (χ0n) is 10.7. The highest BCUT2D eigenvalue weighted by atomic mass is 32.2. The number of nitrogens with one attached hydrogen (secondary N) is 1. The molecule has 2 rings (SSSR count). The van der Waals surface area contributed by atoms with Crippen LogP contribution in [0.3, 0.4) is 0 Å². The Balaban J connectivity index is 1.82. The Morgan fingerprint density at radius 2 is 2.39 bits per heavy atom. The van der Waals surface area contributed by atoms with Gasteiger partial charge in [-0.3, -0.25) is 15.0 Å². The predicted octanol–water partition coefficient (Wildman–Crippen LogP) is 1.38. The predicted molar refractivity (Wildman–Crippen MR) is 73.8 cm³/mol. The van der Waals surface area contributed by atoms with Crippen LogP contribution in [0.15, 0.2) is 17.4 Å². The Kier molecular flexibility index (Phi) is 4.95. The summed E-state index contributed by atoms with van der Waals surface area (Å²) in [7, 11) is 1.73. The minimum absolute atomic E-state index is 0.470. The average molecular weight is 266 g/mol. The van der Waals surface area contributed by atoms with Gasteiger partial charge >= 0.3 is 0 Å². The van der Waals surface area contributed by atoms with Crippen molar-refractivity contribution in [2.24, 2.45) is 4.99 Å². The molecule has 0 saturated carbocycles. The van der Waals surface area contributed by atoms with Crippen molar-refractivity contribution >= 4 is 16.9 Å². The van der Waals surface area contributed by atoms with Crippen LogP contribution in [-0.2, 0) is 11.3 Å². The molecule has 0 amide bonds. The first kappa shape index (κ1) is 13.3. The fourth-order valence-electron chi connectivity index (χ4n) is 1.60. The van der Waals surface area contributed by atoms with E-state index in [1.807, 2.05) is 6.92 Å². The number of amidine groups is 1. The number of aliphatic imine (C=N–C) groups is 1. The van der Waals surface area contributed by atoms with Crippen LogP contribution in [0.5, 0.6) is 0 Å². The topological polar surface area (TPSA) is 59.4 Å². The van der Waals surface area contributed by atoms with E-state index in [0.29, 0.717) is 12.6 Å². The van der Waals surface area contributed by atoms with E-state index in [1.54, 1.807) is 31.3 Å². The molecule has 1 atom stereocenters. The molecule has 1 unspecified atom stereocenters. The van der Waals surface area contributed by atoms with E-state index in [0.717, 1.165) is 35.3 Å². The van der Waals surface area contributed by atoms with Crippen LogP contribution in [0.2, 0.25) is 0 Å². The molecule has 2 heterocycles. The zero-order valence-corrected chi connectivity index (χ0v) is 11.5. The summed E-state index contributed by atoms with van der Waals surface area (Å²) in [5.74, 6) is 1.06. The van der Waals surface area contributed by atoms with E-state index in [2.05, 4.69) is 20.3 Å². The number of aromatic nitrogens is 2. The maximum atomic E-state index is 5.07. The van der Waals surface area contributed by atoms with Crippen LogP contribution in [-0.4, -0.2) is 40.6 Å². The van der Waals surface area contributed by atoms with Crippen molar-refractivity contribution in [2.45, 2.75) is 25.9 Å². The second-order valence-electron chi connectivity index (χ2n) is 4.20. The van der Waals surface area contributed by atoms with Gasteiger partial charge < -0.3 is 10.1 Å². The van der Waals surface area contributed by atoms with Crippen molar-refractivity contribution < 1.29 is 4.74 Å². The van der Waals surface area contributed by atoms with Crippen LogP contribution in [0, 0.1) is 6.92 Å². The van der Waals surface area contributed by atoms with Crippen LogP contribution in [0.4, 0.5) is 0 Å². The highest BCUT2D eigenvalue weighted by Crippen LogP contribution is 2.16.